The molecule has 4 rings (SSSR count). The highest BCUT2D eigenvalue weighted by molar-refractivity contribution is 7.18. The van der Waals surface area contributed by atoms with E-state index in [1.807, 2.05) is 49.4 Å². The van der Waals surface area contributed by atoms with Crippen molar-refractivity contribution in [1.82, 2.24) is 4.98 Å². The molecule has 0 spiro atoms. The smallest absolute Gasteiger partial charge is 0.227 e. The van der Waals surface area contributed by atoms with E-state index in [4.69, 9.17) is 0 Å². The lowest BCUT2D eigenvalue weighted by atomic mass is 10.1. The molecule has 2 N–H and O–H groups in total. The van der Waals surface area contributed by atoms with Crippen LogP contribution in [0.1, 0.15) is 29.8 Å². The molecule has 0 unspecified atom stereocenters. The highest BCUT2D eigenvalue weighted by atomic mass is 32.1. The van der Waals surface area contributed by atoms with Crippen LogP contribution in [0.5, 0.6) is 0 Å². The van der Waals surface area contributed by atoms with Crippen molar-refractivity contribution in [2.24, 2.45) is 5.92 Å². The molecule has 2 aromatic carbocycles. The van der Waals surface area contributed by atoms with Crippen molar-refractivity contribution in [3.8, 4) is 0 Å². The second kappa shape index (κ2) is 7.48. The van der Waals surface area contributed by atoms with Crippen LogP contribution in [0.2, 0.25) is 0 Å². The molecule has 0 saturated heterocycles. The molecule has 1 aromatic heterocycles. The number of benzene rings is 2. The lowest BCUT2D eigenvalue weighted by molar-refractivity contribution is -0.117. The van der Waals surface area contributed by atoms with Gasteiger partial charge in [0.05, 0.1) is 15.2 Å². The Morgan fingerprint density at radius 1 is 1.15 bits per heavy atom. The average Bonchev–Trinajstić information content (AvgIpc) is 3.42. The van der Waals surface area contributed by atoms with Gasteiger partial charge in [0.2, 0.25) is 11.8 Å². The van der Waals surface area contributed by atoms with Crippen LogP contribution in [0.4, 0.5) is 11.4 Å². The predicted octanol–water partition coefficient (Wildman–Crippen LogP) is 4.52. The number of carbonyl (C=O) groups excluding carboxylic acids is 2. The molecule has 2 amide bonds. The third-order valence-electron chi connectivity index (χ3n) is 4.63. The molecule has 1 saturated carbocycles. The number of rotatable bonds is 6. The monoisotopic (exact) mass is 379 g/mol. The van der Waals surface area contributed by atoms with E-state index in [9.17, 15) is 9.59 Å². The Kier molecular flexibility index (Phi) is 4.90. The zero-order valence-corrected chi connectivity index (χ0v) is 15.9. The van der Waals surface area contributed by atoms with Crippen molar-refractivity contribution in [2.45, 2.75) is 32.6 Å². The largest absolute Gasteiger partial charge is 0.326 e. The van der Waals surface area contributed by atoms with Crippen LogP contribution in [-0.4, -0.2) is 16.8 Å². The summed E-state index contributed by atoms with van der Waals surface area (Å²) < 4.78 is 1.14. The van der Waals surface area contributed by atoms with Crippen molar-refractivity contribution in [3.05, 3.63) is 53.0 Å². The first kappa shape index (κ1) is 17.7. The molecular weight excluding hydrogens is 358 g/mol. The van der Waals surface area contributed by atoms with Gasteiger partial charge >= 0.3 is 0 Å². The summed E-state index contributed by atoms with van der Waals surface area (Å²) in [6, 6.07) is 13.6. The van der Waals surface area contributed by atoms with Gasteiger partial charge in [-0.2, -0.15) is 0 Å². The number of hydrogen-bond acceptors (Lipinski definition) is 4. The van der Waals surface area contributed by atoms with Crippen LogP contribution in [-0.2, 0) is 16.0 Å². The summed E-state index contributed by atoms with van der Waals surface area (Å²) in [5.74, 6) is 0.160. The number of amides is 2. The molecule has 0 bridgehead atoms. The molecule has 138 valence electrons. The van der Waals surface area contributed by atoms with E-state index in [1.165, 1.54) is 0 Å². The third-order valence-corrected chi connectivity index (χ3v) is 5.73. The molecule has 1 aliphatic carbocycles. The van der Waals surface area contributed by atoms with Gasteiger partial charge in [0.15, 0.2) is 0 Å². The SMILES string of the molecule is Cc1ccc(NC(=O)C2CC2)cc1NC(=O)CCc1nc2ccccc2s1. The van der Waals surface area contributed by atoms with Crippen LogP contribution >= 0.6 is 11.3 Å². The second-order valence-corrected chi connectivity index (χ2v) is 8.03. The van der Waals surface area contributed by atoms with Crippen molar-refractivity contribution >= 4 is 44.7 Å². The van der Waals surface area contributed by atoms with Crippen molar-refractivity contribution in [3.63, 3.8) is 0 Å². The van der Waals surface area contributed by atoms with Gasteiger partial charge in [-0.15, -0.1) is 11.3 Å². The van der Waals surface area contributed by atoms with E-state index in [-0.39, 0.29) is 17.7 Å². The minimum atomic E-state index is -0.0528. The molecule has 1 fully saturated rings. The number of aryl methyl sites for hydroxylation is 2. The highest BCUT2D eigenvalue weighted by Crippen LogP contribution is 2.31. The Morgan fingerprint density at radius 3 is 2.74 bits per heavy atom. The zero-order valence-electron chi connectivity index (χ0n) is 15.1. The van der Waals surface area contributed by atoms with Gasteiger partial charge in [-0.25, -0.2) is 4.98 Å². The van der Waals surface area contributed by atoms with E-state index in [2.05, 4.69) is 15.6 Å². The Morgan fingerprint density at radius 2 is 1.96 bits per heavy atom. The van der Waals surface area contributed by atoms with E-state index in [0.717, 1.165) is 45.0 Å². The summed E-state index contributed by atoms with van der Waals surface area (Å²) in [6.07, 6.45) is 2.92. The van der Waals surface area contributed by atoms with Gasteiger partial charge in [-0.05, 0) is 49.6 Å². The number of aromatic nitrogens is 1. The summed E-state index contributed by atoms with van der Waals surface area (Å²) >= 11 is 1.63. The average molecular weight is 379 g/mol. The molecule has 27 heavy (non-hydrogen) atoms. The molecule has 0 aliphatic heterocycles. The summed E-state index contributed by atoms with van der Waals surface area (Å²) in [5.41, 5.74) is 3.40. The Labute approximate surface area is 161 Å². The summed E-state index contributed by atoms with van der Waals surface area (Å²) in [6.45, 7) is 1.94. The Bertz CT molecular complexity index is 975. The molecule has 6 heteroatoms. The van der Waals surface area contributed by atoms with Crippen LogP contribution in [0.25, 0.3) is 10.2 Å². The summed E-state index contributed by atoms with van der Waals surface area (Å²) in [4.78, 5) is 28.9. The predicted molar refractivity (Wildman–Crippen MR) is 109 cm³/mol. The van der Waals surface area contributed by atoms with Gasteiger partial charge < -0.3 is 10.6 Å². The topological polar surface area (TPSA) is 71.1 Å². The Balaban J connectivity index is 1.37. The number of nitrogens with one attached hydrogen (secondary N) is 2. The maximum atomic E-state index is 12.4. The number of thiazole rings is 1. The first-order chi connectivity index (χ1) is 13.1. The molecular formula is C21H21N3O2S. The molecule has 0 atom stereocenters. The quantitative estimate of drug-likeness (QED) is 0.661. The minimum absolute atomic E-state index is 0.0528. The standard InChI is InChI=1S/C21H21N3O2S/c1-13-6-9-15(22-21(26)14-7-8-14)12-17(13)23-19(25)10-11-20-24-16-4-2-3-5-18(16)27-20/h2-6,9,12,14H,7-8,10-11H2,1H3,(H,22,26)(H,23,25). The highest BCUT2D eigenvalue weighted by Gasteiger charge is 2.29. The van der Waals surface area contributed by atoms with Crippen LogP contribution < -0.4 is 10.6 Å². The number of nitrogens with zero attached hydrogens (tertiary/aromatic N) is 1. The van der Waals surface area contributed by atoms with Crippen molar-refractivity contribution in [1.29, 1.82) is 0 Å². The summed E-state index contributed by atoms with van der Waals surface area (Å²) in [7, 11) is 0. The van der Waals surface area contributed by atoms with Gasteiger partial charge in [0.1, 0.15) is 0 Å². The van der Waals surface area contributed by atoms with Crippen molar-refractivity contribution in [2.75, 3.05) is 10.6 Å². The molecule has 5 nitrogen and oxygen atoms in total. The van der Waals surface area contributed by atoms with Gasteiger partial charge in [-0.1, -0.05) is 18.2 Å². The lowest BCUT2D eigenvalue weighted by Gasteiger charge is -2.11. The zero-order chi connectivity index (χ0) is 18.8. The first-order valence-electron chi connectivity index (χ1n) is 9.14. The fraction of sp³-hybridized carbons (Fsp3) is 0.286. The number of para-hydroxylation sites is 1. The molecule has 1 heterocycles. The maximum absolute atomic E-state index is 12.4. The molecule has 1 aliphatic rings. The Hall–Kier alpha value is -2.73. The lowest BCUT2D eigenvalue weighted by Crippen LogP contribution is -2.15. The van der Waals surface area contributed by atoms with Crippen LogP contribution in [0.3, 0.4) is 0 Å². The first-order valence-corrected chi connectivity index (χ1v) is 9.96. The van der Waals surface area contributed by atoms with Gasteiger partial charge in [0, 0.05) is 30.1 Å². The fourth-order valence-electron chi connectivity index (χ4n) is 2.88. The number of fused-ring (bicyclic) bond motifs is 1. The summed E-state index contributed by atoms with van der Waals surface area (Å²) in [5, 5.41) is 6.84. The normalized spacial score (nSPS) is 13.5. The van der Waals surface area contributed by atoms with Crippen LogP contribution in [0, 0.1) is 12.8 Å². The van der Waals surface area contributed by atoms with Crippen molar-refractivity contribution < 1.29 is 9.59 Å². The maximum Gasteiger partial charge on any atom is 0.227 e. The van der Waals surface area contributed by atoms with E-state index < -0.39 is 0 Å². The number of carbonyl (C=O) groups is 2. The molecule has 0 radical (unpaired) electrons. The van der Waals surface area contributed by atoms with Gasteiger partial charge in [-0.3, -0.25) is 9.59 Å². The van der Waals surface area contributed by atoms with Crippen LogP contribution in [0.15, 0.2) is 42.5 Å². The number of anilines is 2. The van der Waals surface area contributed by atoms with E-state index in [0.29, 0.717) is 12.8 Å². The number of hydrogen-bond donors (Lipinski definition) is 2. The van der Waals surface area contributed by atoms with E-state index in [1.54, 1.807) is 11.3 Å². The fourth-order valence-corrected chi connectivity index (χ4v) is 3.85. The van der Waals surface area contributed by atoms with Gasteiger partial charge in [0.25, 0.3) is 0 Å². The minimum Gasteiger partial charge on any atom is -0.326 e. The molecule has 3 aromatic rings. The third kappa shape index (κ3) is 4.34. The van der Waals surface area contributed by atoms with E-state index >= 15 is 0 Å². The second-order valence-electron chi connectivity index (χ2n) is 6.92.